The Morgan fingerprint density at radius 1 is 1.05 bits per heavy atom. The van der Waals surface area contributed by atoms with Gasteiger partial charge in [0.2, 0.25) is 5.82 Å². The number of thiophene rings is 1. The fourth-order valence-corrected chi connectivity index (χ4v) is 5.22. The minimum atomic E-state index is 1.14. The molecule has 4 nitrogen and oxygen atoms in total. The highest BCUT2D eigenvalue weighted by atomic mass is 32.1. The maximum atomic E-state index is 4.60. The molecule has 0 aromatic carbocycles. The molecule has 0 atom stereocenters. The molecule has 3 N–H and O–H groups in total. The van der Waals surface area contributed by atoms with E-state index in [1.807, 2.05) is 11.3 Å². The van der Waals surface area contributed by atoms with E-state index < -0.39 is 0 Å². The predicted octanol–water partition coefficient (Wildman–Crippen LogP) is 0.834. The Labute approximate surface area is 136 Å². The van der Waals surface area contributed by atoms with Crippen molar-refractivity contribution < 1.29 is 10.2 Å². The Morgan fingerprint density at radius 3 is 2.82 bits per heavy atom. The first-order valence-electron chi connectivity index (χ1n) is 8.84. The molecule has 0 amide bonds. The quantitative estimate of drug-likeness (QED) is 0.877. The molecule has 1 fully saturated rings. The van der Waals surface area contributed by atoms with Crippen molar-refractivity contribution in [3.63, 3.8) is 0 Å². The summed E-state index contributed by atoms with van der Waals surface area (Å²) < 4.78 is 0. The number of quaternary nitrogens is 2. The van der Waals surface area contributed by atoms with Crippen LogP contribution in [0.2, 0.25) is 0 Å². The van der Waals surface area contributed by atoms with Crippen LogP contribution in [0.5, 0.6) is 0 Å². The molecule has 22 heavy (non-hydrogen) atoms. The number of hydrogen-bond donors (Lipinski definition) is 2. The Morgan fingerprint density at radius 2 is 1.91 bits per heavy atom. The van der Waals surface area contributed by atoms with Gasteiger partial charge in [-0.1, -0.05) is 0 Å². The SMILES string of the molecule is c1nc([NH2+]CC[NH+]2CCCCC2)c2c3c(sc2n1)CCCC3. The monoisotopic (exact) mass is 318 g/mol. The van der Waals surface area contributed by atoms with Gasteiger partial charge in [-0.25, -0.2) is 4.98 Å². The predicted molar refractivity (Wildman–Crippen MR) is 89.9 cm³/mol. The van der Waals surface area contributed by atoms with Crippen molar-refractivity contribution in [3.05, 3.63) is 16.8 Å². The van der Waals surface area contributed by atoms with Crippen LogP contribution in [0.4, 0.5) is 5.82 Å². The first kappa shape index (κ1) is 14.5. The van der Waals surface area contributed by atoms with Gasteiger partial charge in [-0.15, -0.1) is 11.3 Å². The van der Waals surface area contributed by atoms with Gasteiger partial charge in [-0.3, -0.25) is 5.32 Å². The summed E-state index contributed by atoms with van der Waals surface area (Å²) >= 11 is 1.90. The third kappa shape index (κ3) is 2.90. The first-order valence-corrected chi connectivity index (χ1v) is 9.65. The lowest BCUT2D eigenvalue weighted by Gasteiger charge is -2.22. The van der Waals surface area contributed by atoms with Crippen LogP contribution in [0.1, 0.15) is 42.5 Å². The summed E-state index contributed by atoms with van der Waals surface area (Å²) in [6.07, 6.45) is 11.1. The topological polar surface area (TPSA) is 46.8 Å². The molecule has 5 heteroatoms. The van der Waals surface area contributed by atoms with Gasteiger partial charge >= 0.3 is 0 Å². The molecule has 0 saturated carbocycles. The highest BCUT2D eigenvalue weighted by molar-refractivity contribution is 7.18. The Bertz CT molecular complexity index is 645. The highest BCUT2D eigenvalue weighted by Crippen LogP contribution is 2.36. The lowest BCUT2D eigenvalue weighted by molar-refractivity contribution is -0.914. The van der Waals surface area contributed by atoms with Gasteiger partial charge in [0.15, 0.2) is 0 Å². The smallest absolute Gasteiger partial charge is 0.236 e. The van der Waals surface area contributed by atoms with E-state index in [4.69, 9.17) is 0 Å². The number of aromatic nitrogens is 2. The van der Waals surface area contributed by atoms with Crippen molar-refractivity contribution in [1.29, 1.82) is 0 Å². The molecule has 0 radical (unpaired) electrons. The largest absolute Gasteiger partial charge is 0.330 e. The highest BCUT2D eigenvalue weighted by Gasteiger charge is 2.22. The zero-order chi connectivity index (χ0) is 14.8. The molecule has 2 aromatic rings. The normalized spacial score (nSPS) is 19.5. The maximum Gasteiger partial charge on any atom is 0.236 e. The second-order valence-corrected chi connectivity index (χ2v) is 7.79. The molecule has 0 bridgehead atoms. The molecule has 1 saturated heterocycles. The molecule has 4 rings (SSSR count). The van der Waals surface area contributed by atoms with E-state index in [0.29, 0.717) is 0 Å². The van der Waals surface area contributed by atoms with Crippen molar-refractivity contribution in [3.8, 4) is 0 Å². The van der Waals surface area contributed by atoms with Crippen LogP contribution in [0.3, 0.4) is 0 Å². The van der Waals surface area contributed by atoms with Crippen molar-refractivity contribution in [2.24, 2.45) is 0 Å². The molecule has 3 heterocycles. The van der Waals surface area contributed by atoms with Crippen LogP contribution in [-0.2, 0) is 12.8 Å². The van der Waals surface area contributed by atoms with Crippen molar-refractivity contribution >= 4 is 27.4 Å². The Kier molecular flexibility index (Phi) is 4.37. The van der Waals surface area contributed by atoms with E-state index in [-0.39, 0.29) is 0 Å². The third-order valence-corrected chi connectivity index (χ3v) is 6.38. The molecular weight excluding hydrogens is 292 g/mol. The third-order valence-electron chi connectivity index (χ3n) is 5.18. The minimum Gasteiger partial charge on any atom is -0.330 e. The molecule has 0 spiro atoms. The molecule has 1 aliphatic heterocycles. The molecule has 0 unspecified atom stereocenters. The van der Waals surface area contributed by atoms with Crippen LogP contribution in [0.25, 0.3) is 10.2 Å². The van der Waals surface area contributed by atoms with E-state index in [1.165, 1.54) is 80.6 Å². The fourth-order valence-electron chi connectivity index (χ4n) is 3.98. The second kappa shape index (κ2) is 6.60. The summed E-state index contributed by atoms with van der Waals surface area (Å²) in [5.41, 5.74) is 1.56. The van der Waals surface area contributed by atoms with Crippen LogP contribution in [-0.4, -0.2) is 36.1 Å². The number of likely N-dealkylation sites (tertiary alicyclic amines) is 1. The zero-order valence-corrected chi connectivity index (χ0v) is 14.1. The van der Waals surface area contributed by atoms with Crippen molar-refractivity contribution in [1.82, 2.24) is 9.97 Å². The number of fused-ring (bicyclic) bond motifs is 3. The molecule has 2 aromatic heterocycles. The lowest BCUT2D eigenvalue weighted by Crippen LogP contribution is -3.15. The summed E-state index contributed by atoms with van der Waals surface area (Å²) in [5, 5.41) is 3.74. The maximum absolute atomic E-state index is 4.60. The number of hydrogen-bond acceptors (Lipinski definition) is 3. The molecular formula is C17H26N4S+2. The lowest BCUT2D eigenvalue weighted by atomic mass is 9.97. The van der Waals surface area contributed by atoms with Gasteiger partial charge in [-0.2, -0.15) is 4.98 Å². The number of rotatable bonds is 4. The Hall–Kier alpha value is -1.04. The summed E-state index contributed by atoms with van der Waals surface area (Å²) in [4.78, 5) is 13.7. The number of nitrogens with one attached hydrogen (secondary N) is 1. The fraction of sp³-hybridized carbons (Fsp3) is 0.647. The van der Waals surface area contributed by atoms with Crippen LogP contribution in [0, 0.1) is 0 Å². The average Bonchev–Trinajstić information content (AvgIpc) is 2.95. The Balaban J connectivity index is 1.50. The summed E-state index contributed by atoms with van der Waals surface area (Å²) in [5.74, 6) is 1.20. The average molecular weight is 318 g/mol. The zero-order valence-electron chi connectivity index (χ0n) is 13.2. The van der Waals surface area contributed by atoms with Gasteiger partial charge in [-0.05, 0) is 50.5 Å². The van der Waals surface area contributed by atoms with Gasteiger partial charge < -0.3 is 4.90 Å². The molecule has 1 aliphatic carbocycles. The van der Waals surface area contributed by atoms with Gasteiger partial charge in [0, 0.05) is 4.88 Å². The summed E-state index contributed by atoms with van der Waals surface area (Å²) in [6, 6.07) is 0. The van der Waals surface area contributed by atoms with Crippen LogP contribution < -0.4 is 10.2 Å². The number of nitrogens with zero attached hydrogens (tertiary/aromatic N) is 2. The van der Waals surface area contributed by atoms with Crippen molar-refractivity contribution in [2.75, 3.05) is 26.2 Å². The van der Waals surface area contributed by atoms with Gasteiger partial charge in [0.05, 0.1) is 18.5 Å². The van der Waals surface area contributed by atoms with E-state index in [2.05, 4.69) is 15.3 Å². The van der Waals surface area contributed by atoms with Crippen LogP contribution >= 0.6 is 11.3 Å². The number of nitrogens with two attached hydrogens (primary N) is 1. The van der Waals surface area contributed by atoms with E-state index in [1.54, 1.807) is 21.7 Å². The second-order valence-electron chi connectivity index (χ2n) is 6.70. The summed E-state index contributed by atoms with van der Waals surface area (Å²) in [6.45, 7) is 5.13. The van der Waals surface area contributed by atoms with Crippen molar-refractivity contribution in [2.45, 2.75) is 44.9 Å². The van der Waals surface area contributed by atoms with E-state index in [0.717, 1.165) is 6.54 Å². The first-order chi connectivity index (χ1) is 10.9. The number of piperidine rings is 1. The van der Waals surface area contributed by atoms with Gasteiger partial charge in [0.25, 0.3) is 0 Å². The standard InChI is InChI=1S/C17H24N4S/c1-4-9-21(10-5-1)11-8-18-16-15-13-6-2-3-7-14(13)22-17(15)20-12-19-16/h12H,1-11H2,(H,18,19,20)/p+2. The van der Waals surface area contributed by atoms with E-state index >= 15 is 0 Å². The molecule has 2 aliphatic rings. The number of aryl methyl sites for hydroxylation is 2. The van der Waals surface area contributed by atoms with E-state index in [9.17, 15) is 0 Å². The minimum absolute atomic E-state index is 1.14. The summed E-state index contributed by atoms with van der Waals surface area (Å²) in [7, 11) is 0. The van der Waals surface area contributed by atoms with Gasteiger partial charge in [0.1, 0.15) is 24.2 Å². The van der Waals surface area contributed by atoms with Crippen LogP contribution in [0.15, 0.2) is 6.33 Å². The molecule has 118 valence electrons.